The van der Waals surface area contributed by atoms with Gasteiger partial charge in [0.2, 0.25) is 0 Å². The number of hydrogen-bond acceptors (Lipinski definition) is 3. The van der Waals surface area contributed by atoms with Crippen molar-refractivity contribution in [3.63, 3.8) is 0 Å². The van der Waals surface area contributed by atoms with Gasteiger partial charge in [-0.15, -0.1) is 11.8 Å². The quantitative estimate of drug-likeness (QED) is 0.291. The Kier molecular flexibility index (Phi) is 4.25. The van der Waals surface area contributed by atoms with Crippen molar-refractivity contribution in [3.8, 4) is 0 Å². The largest absolute Gasteiger partial charge is 0.409 e. The summed E-state index contributed by atoms with van der Waals surface area (Å²) >= 11 is 1.76. The van der Waals surface area contributed by atoms with Crippen molar-refractivity contribution in [1.29, 1.82) is 0 Å². The van der Waals surface area contributed by atoms with Crippen LogP contribution in [0.1, 0.15) is 11.1 Å². The van der Waals surface area contributed by atoms with Crippen molar-refractivity contribution < 1.29 is 5.21 Å². The van der Waals surface area contributed by atoms with Crippen LogP contribution in [0.15, 0.2) is 64.6 Å². The fourth-order valence-electron chi connectivity index (χ4n) is 1.52. The van der Waals surface area contributed by atoms with Gasteiger partial charge in [-0.05, 0) is 17.7 Å². The molecular formula is C14H14N2OS. The Hall–Kier alpha value is -1.94. The highest BCUT2D eigenvalue weighted by atomic mass is 32.2. The number of benzene rings is 2. The predicted molar refractivity (Wildman–Crippen MR) is 75.0 cm³/mol. The molecule has 2 aromatic rings. The Balaban J connectivity index is 1.99. The van der Waals surface area contributed by atoms with Crippen LogP contribution in [0.2, 0.25) is 0 Å². The van der Waals surface area contributed by atoms with Gasteiger partial charge in [-0.3, -0.25) is 0 Å². The van der Waals surface area contributed by atoms with E-state index in [0.717, 1.165) is 16.2 Å². The first-order valence-electron chi connectivity index (χ1n) is 5.54. The van der Waals surface area contributed by atoms with E-state index in [2.05, 4.69) is 17.3 Å². The number of nitrogens with zero attached hydrogens (tertiary/aromatic N) is 1. The lowest BCUT2D eigenvalue weighted by atomic mass is 10.2. The predicted octanol–water partition coefficient (Wildman–Crippen LogP) is 3.07. The molecule has 2 rings (SSSR count). The third-order valence-electron chi connectivity index (χ3n) is 2.51. The Labute approximate surface area is 110 Å². The average Bonchev–Trinajstić information content (AvgIpc) is 2.46. The average molecular weight is 258 g/mol. The van der Waals surface area contributed by atoms with Gasteiger partial charge >= 0.3 is 0 Å². The third kappa shape index (κ3) is 3.28. The molecule has 92 valence electrons. The smallest absolute Gasteiger partial charge is 0.170 e. The summed E-state index contributed by atoms with van der Waals surface area (Å²) in [5.41, 5.74) is 7.52. The molecule has 0 spiro atoms. The second-order valence-corrected chi connectivity index (χ2v) is 4.83. The zero-order valence-electron chi connectivity index (χ0n) is 9.78. The van der Waals surface area contributed by atoms with Gasteiger partial charge < -0.3 is 10.9 Å². The minimum absolute atomic E-state index is 0.134. The number of thioether (sulfide) groups is 1. The van der Waals surface area contributed by atoms with Crippen molar-refractivity contribution >= 4 is 17.6 Å². The molecule has 0 bridgehead atoms. The Bertz CT molecular complexity index is 523. The first kappa shape index (κ1) is 12.5. The highest BCUT2D eigenvalue weighted by Crippen LogP contribution is 2.22. The van der Waals surface area contributed by atoms with Crippen molar-refractivity contribution in [2.45, 2.75) is 10.6 Å². The Morgan fingerprint density at radius 2 is 1.72 bits per heavy atom. The lowest BCUT2D eigenvalue weighted by molar-refractivity contribution is 0.318. The summed E-state index contributed by atoms with van der Waals surface area (Å²) in [6.45, 7) is 0. The molecule has 0 radical (unpaired) electrons. The van der Waals surface area contributed by atoms with Crippen LogP contribution in [-0.2, 0) is 5.75 Å². The molecule has 18 heavy (non-hydrogen) atoms. The number of hydrogen-bond donors (Lipinski definition) is 2. The summed E-state index contributed by atoms with van der Waals surface area (Å²) in [5, 5.41) is 11.5. The van der Waals surface area contributed by atoms with E-state index in [1.165, 1.54) is 5.56 Å². The van der Waals surface area contributed by atoms with E-state index in [1.807, 2.05) is 42.5 Å². The molecule has 0 aliphatic carbocycles. The van der Waals surface area contributed by atoms with Crippen LogP contribution in [0.25, 0.3) is 0 Å². The van der Waals surface area contributed by atoms with Crippen molar-refractivity contribution in [2.24, 2.45) is 10.9 Å². The van der Waals surface area contributed by atoms with Gasteiger partial charge in [0.1, 0.15) is 0 Å². The van der Waals surface area contributed by atoms with Gasteiger partial charge in [0.25, 0.3) is 0 Å². The van der Waals surface area contributed by atoms with Crippen LogP contribution in [0.4, 0.5) is 0 Å². The molecule has 2 aromatic carbocycles. The molecule has 0 amide bonds. The first-order valence-corrected chi connectivity index (χ1v) is 6.53. The Morgan fingerprint density at radius 3 is 2.33 bits per heavy atom. The lowest BCUT2D eigenvalue weighted by Gasteiger charge is -2.03. The molecule has 3 N–H and O–H groups in total. The molecule has 4 heteroatoms. The molecule has 0 unspecified atom stereocenters. The van der Waals surface area contributed by atoms with Gasteiger partial charge in [0.15, 0.2) is 5.84 Å². The maximum Gasteiger partial charge on any atom is 0.170 e. The molecule has 0 aromatic heterocycles. The van der Waals surface area contributed by atoms with Gasteiger partial charge in [0.05, 0.1) is 0 Å². The van der Waals surface area contributed by atoms with Crippen LogP contribution in [0, 0.1) is 0 Å². The van der Waals surface area contributed by atoms with E-state index in [-0.39, 0.29) is 5.84 Å². The van der Waals surface area contributed by atoms with Gasteiger partial charge in [0, 0.05) is 16.2 Å². The second-order valence-electron chi connectivity index (χ2n) is 3.78. The van der Waals surface area contributed by atoms with E-state index in [9.17, 15) is 0 Å². The summed E-state index contributed by atoms with van der Waals surface area (Å²) in [6.07, 6.45) is 0. The normalized spacial score (nSPS) is 11.4. The SMILES string of the molecule is N/C(=N\O)c1ccc(SCc2ccccc2)cc1. The Morgan fingerprint density at radius 1 is 1.06 bits per heavy atom. The molecule has 0 atom stereocenters. The topological polar surface area (TPSA) is 58.6 Å². The molecule has 0 saturated carbocycles. The van der Waals surface area contributed by atoms with Crippen molar-refractivity contribution in [2.75, 3.05) is 0 Å². The number of nitrogens with two attached hydrogens (primary N) is 1. The summed E-state index contributed by atoms with van der Waals surface area (Å²) in [6, 6.07) is 18.0. The number of oxime groups is 1. The first-order chi connectivity index (χ1) is 8.79. The lowest BCUT2D eigenvalue weighted by Crippen LogP contribution is -2.12. The van der Waals surface area contributed by atoms with E-state index in [4.69, 9.17) is 10.9 Å². The number of rotatable bonds is 4. The standard InChI is InChI=1S/C14H14N2OS/c15-14(16-17)12-6-8-13(9-7-12)18-10-11-4-2-1-3-5-11/h1-9,17H,10H2,(H2,15,16). The second kappa shape index (κ2) is 6.12. The van der Waals surface area contributed by atoms with Gasteiger partial charge in [-0.2, -0.15) is 0 Å². The molecule has 3 nitrogen and oxygen atoms in total. The van der Waals surface area contributed by atoms with Crippen LogP contribution < -0.4 is 5.73 Å². The summed E-state index contributed by atoms with van der Waals surface area (Å²) < 4.78 is 0. The zero-order valence-corrected chi connectivity index (χ0v) is 10.6. The fourth-order valence-corrected chi connectivity index (χ4v) is 2.37. The van der Waals surface area contributed by atoms with E-state index in [1.54, 1.807) is 11.8 Å². The van der Waals surface area contributed by atoms with Crippen LogP contribution in [0.5, 0.6) is 0 Å². The number of amidine groups is 1. The molecular weight excluding hydrogens is 244 g/mol. The highest BCUT2D eigenvalue weighted by molar-refractivity contribution is 7.98. The van der Waals surface area contributed by atoms with E-state index >= 15 is 0 Å². The van der Waals surface area contributed by atoms with Crippen LogP contribution in [-0.4, -0.2) is 11.0 Å². The van der Waals surface area contributed by atoms with E-state index in [0.29, 0.717) is 0 Å². The summed E-state index contributed by atoms with van der Waals surface area (Å²) in [5.74, 6) is 1.07. The molecule has 0 heterocycles. The van der Waals surface area contributed by atoms with Crippen LogP contribution in [0.3, 0.4) is 0 Å². The van der Waals surface area contributed by atoms with E-state index < -0.39 is 0 Å². The molecule has 0 aliphatic heterocycles. The third-order valence-corrected chi connectivity index (χ3v) is 3.59. The minimum atomic E-state index is 0.134. The molecule has 0 aliphatic rings. The summed E-state index contributed by atoms with van der Waals surface area (Å²) in [4.78, 5) is 1.16. The maximum atomic E-state index is 8.57. The minimum Gasteiger partial charge on any atom is -0.409 e. The fraction of sp³-hybridized carbons (Fsp3) is 0.0714. The highest BCUT2D eigenvalue weighted by Gasteiger charge is 2.00. The monoisotopic (exact) mass is 258 g/mol. The molecule has 0 saturated heterocycles. The van der Waals surface area contributed by atoms with Gasteiger partial charge in [-0.25, -0.2) is 0 Å². The molecule has 0 fully saturated rings. The maximum absolute atomic E-state index is 8.57. The zero-order chi connectivity index (χ0) is 12.8. The van der Waals surface area contributed by atoms with Gasteiger partial charge in [-0.1, -0.05) is 47.6 Å². The van der Waals surface area contributed by atoms with Crippen molar-refractivity contribution in [1.82, 2.24) is 0 Å². The van der Waals surface area contributed by atoms with Crippen molar-refractivity contribution in [3.05, 3.63) is 65.7 Å². The summed E-state index contributed by atoms with van der Waals surface area (Å²) in [7, 11) is 0. The van der Waals surface area contributed by atoms with Crippen LogP contribution >= 0.6 is 11.8 Å².